The average molecular weight is 305 g/mol. The van der Waals surface area contributed by atoms with Crippen LogP contribution in [-0.4, -0.2) is 36.6 Å². The van der Waals surface area contributed by atoms with Crippen LogP contribution in [0.3, 0.4) is 0 Å². The van der Waals surface area contributed by atoms with Crippen molar-refractivity contribution in [3.05, 3.63) is 30.1 Å². The van der Waals surface area contributed by atoms with Gasteiger partial charge in [-0.15, -0.1) is 0 Å². The molecule has 0 aromatic carbocycles. The molecule has 0 bridgehead atoms. The minimum absolute atomic E-state index is 0. The first-order valence-electron chi connectivity index (χ1n) is 6.44. The molecule has 0 saturated heterocycles. The molecule has 0 aromatic heterocycles. The summed E-state index contributed by atoms with van der Waals surface area (Å²) in [7, 11) is 3.00. The van der Waals surface area contributed by atoms with Crippen molar-refractivity contribution >= 4 is 0 Å². The van der Waals surface area contributed by atoms with E-state index in [0.717, 1.165) is 21.3 Å². The van der Waals surface area contributed by atoms with Gasteiger partial charge in [-0.25, -0.2) is 0 Å². The van der Waals surface area contributed by atoms with Gasteiger partial charge >= 0.3 is 0 Å². The van der Waals surface area contributed by atoms with Crippen molar-refractivity contribution in [2.75, 3.05) is 21.3 Å². The molecule has 3 N–H and O–H groups in total. The first-order valence-corrected chi connectivity index (χ1v) is 6.44. The Hall–Kier alpha value is 0.594. The van der Waals surface area contributed by atoms with Gasteiger partial charge in [0, 0.05) is 43.0 Å². The molecule has 0 spiro atoms. The van der Waals surface area contributed by atoms with Crippen LogP contribution in [0.2, 0.25) is 0 Å². The molecule has 2 saturated carbocycles. The first-order chi connectivity index (χ1) is 8.83. The van der Waals surface area contributed by atoms with Crippen molar-refractivity contribution in [2.45, 2.75) is 46.0 Å². The van der Waals surface area contributed by atoms with Crippen LogP contribution in [0.15, 0.2) is 0 Å². The van der Waals surface area contributed by atoms with Gasteiger partial charge in [-0.05, 0) is 49.4 Å². The zero-order valence-corrected chi connectivity index (χ0v) is 14.5. The zero-order valence-electron chi connectivity index (χ0n) is 13.0. The fourth-order valence-electron chi connectivity index (χ4n) is 2.51. The van der Waals surface area contributed by atoms with Gasteiger partial charge in [-0.1, -0.05) is 26.7 Å². The molecule has 3 nitrogen and oxygen atoms in total. The third kappa shape index (κ3) is 7.82. The van der Waals surface area contributed by atoms with Gasteiger partial charge in [0.1, 0.15) is 0 Å². The minimum Gasteiger partial charge on any atom is -0.400 e. The second-order valence-electron chi connectivity index (χ2n) is 3.87. The molecular formula is C15H29O3Ti. The molecular weight excluding hydrogens is 276 g/mol. The standard InChI is InChI=1S/C12H17.3CH4O.Ti/c1-3-11-9(2)8-10-6-4-5-7-12(10)11;3*1-2;/h8H,3-7H2,1-2H3;3*2H,1H3;. The quantitative estimate of drug-likeness (QED) is 0.652. The summed E-state index contributed by atoms with van der Waals surface area (Å²) in [5, 5.41) is 21.0. The van der Waals surface area contributed by atoms with Crippen molar-refractivity contribution in [3.8, 4) is 0 Å². The monoisotopic (exact) mass is 305 g/mol. The van der Waals surface area contributed by atoms with E-state index in [9.17, 15) is 0 Å². The maximum absolute atomic E-state index is 7.00. The summed E-state index contributed by atoms with van der Waals surface area (Å²) in [5.41, 5.74) is 0. The molecule has 0 amide bonds. The van der Waals surface area contributed by atoms with Gasteiger partial charge in [0.2, 0.25) is 0 Å². The molecule has 0 aromatic rings. The SMILES string of the molecule is CC[C]1[C](C)[CH][C]2CCCC[C]21.CO.CO.CO.[Ti]. The van der Waals surface area contributed by atoms with Crippen molar-refractivity contribution in [2.24, 2.45) is 0 Å². The number of hydrogen-bond acceptors (Lipinski definition) is 3. The van der Waals surface area contributed by atoms with E-state index in [1.54, 1.807) is 17.8 Å². The summed E-state index contributed by atoms with van der Waals surface area (Å²) in [4.78, 5) is 0. The Morgan fingerprint density at radius 3 is 1.89 bits per heavy atom. The second-order valence-corrected chi connectivity index (χ2v) is 3.87. The summed E-state index contributed by atoms with van der Waals surface area (Å²) in [5.74, 6) is 6.52. The van der Waals surface area contributed by atoms with Gasteiger partial charge in [-0.2, -0.15) is 0 Å². The maximum Gasteiger partial charge on any atom is 0.0319 e. The van der Waals surface area contributed by atoms with E-state index in [4.69, 9.17) is 15.3 Å². The van der Waals surface area contributed by atoms with Crippen molar-refractivity contribution < 1.29 is 37.0 Å². The molecule has 0 aliphatic heterocycles. The molecule has 4 heteroatoms. The Kier molecular flexibility index (Phi) is 21.6. The number of fused-ring (bicyclic) bond motifs is 1. The fourth-order valence-corrected chi connectivity index (χ4v) is 2.51. The Balaban J connectivity index is -0.000000325. The van der Waals surface area contributed by atoms with Crippen molar-refractivity contribution in [3.63, 3.8) is 0 Å². The van der Waals surface area contributed by atoms with E-state index in [1.807, 2.05) is 0 Å². The molecule has 0 atom stereocenters. The minimum atomic E-state index is 0. The Morgan fingerprint density at radius 2 is 1.42 bits per heavy atom. The summed E-state index contributed by atoms with van der Waals surface area (Å²) < 4.78 is 0. The predicted octanol–water partition coefficient (Wildman–Crippen LogP) is 2.33. The van der Waals surface area contributed by atoms with E-state index >= 15 is 0 Å². The largest absolute Gasteiger partial charge is 0.400 e. The summed E-state index contributed by atoms with van der Waals surface area (Å²) >= 11 is 0. The van der Waals surface area contributed by atoms with Gasteiger partial charge in [0.15, 0.2) is 0 Å². The first kappa shape index (κ1) is 24.6. The van der Waals surface area contributed by atoms with Crippen LogP contribution in [0.5, 0.6) is 0 Å². The molecule has 2 aliphatic rings. The van der Waals surface area contributed by atoms with Gasteiger partial charge in [0.25, 0.3) is 0 Å². The molecule has 2 aliphatic carbocycles. The van der Waals surface area contributed by atoms with Crippen LogP contribution in [0.1, 0.15) is 46.0 Å². The third-order valence-electron chi connectivity index (χ3n) is 3.10. The zero-order chi connectivity index (χ0) is 14.6. The van der Waals surface area contributed by atoms with Crippen LogP contribution in [0.25, 0.3) is 0 Å². The van der Waals surface area contributed by atoms with Crippen LogP contribution in [0, 0.1) is 30.1 Å². The third-order valence-corrected chi connectivity index (χ3v) is 3.10. The van der Waals surface area contributed by atoms with Crippen LogP contribution in [0.4, 0.5) is 0 Å². The molecule has 2 rings (SSSR count). The molecule has 5 radical (unpaired) electrons. The van der Waals surface area contributed by atoms with Gasteiger partial charge < -0.3 is 15.3 Å². The normalized spacial score (nSPS) is 19.6. The van der Waals surface area contributed by atoms with Gasteiger partial charge in [0.05, 0.1) is 0 Å². The number of aliphatic hydroxyl groups is 3. The maximum atomic E-state index is 7.00. The average Bonchev–Trinajstić information content (AvgIpc) is 2.80. The fraction of sp³-hybridized carbons (Fsp3) is 0.667. The van der Waals surface area contributed by atoms with Crippen molar-refractivity contribution in [1.29, 1.82) is 0 Å². The summed E-state index contributed by atoms with van der Waals surface area (Å²) in [6.45, 7) is 4.54. The van der Waals surface area contributed by atoms with Crippen LogP contribution >= 0.6 is 0 Å². The van der Waals surface area contributed by atoms with Crippen LogP contribution < -0.4 is 0 Å². The van der Waals surface area contributed by atoms with E-state index in [0.29, 0.717) is 0 Å². The van der Waals surface area contributed by atoms with Crippen LogP contribution in [-0.2, 0) is 21.7 Å². The number of rotatable bonds is 1. The van der Waals surface area contributed by atoms with E-state index in [2.05, 4.69) is 20.3 Å². The topological polar surface area (TPSA) is 60.7 Å². The van der Waals surface area contributed by atoms with E-state index in [1.165, 1.54) is 38.0 Å². The Labute approximate surface area is 134 Å². The summed E-state index contributed by atoms with van der Waals surface area (Å²) in [6.07, 6.45) is 9.11. The molecule has 2 fully saturated rings. The molecule has 111 valence electrons. The van der Waals surface area contributed by atoms with Gasteiger partial charge in [-0.3, -0.25) is 0 Å². The Bertz CT molecular complexity index is 167. The molecule has 0 heterocycles. The van der Waals surface area contributed by atoms with Crippen molar-refractivity contribution in [1.82, 2.24) is 0 Å². The molecule has 19 heavy (non-hydrogen) atoms. The Morgan fingerprint density at radius 1 is 0.947 bits per heavy atom. The van der Waals surface area contributed by atoms with E-state index in [-0.39, 0.29) is 21.7 Å². The summed E-state index contributed by atoms with van der Waals surface area (Å²) in [6, 6.07) is 0. The number of aliphatic hydroxyl groups excluding tert-OH is 3. The predicted molar refractivity (Wildman–Crippen MR) is 76.1 cm³/mol. The smallest absolute Gasteiger partial charge is 0.0319 e. The second kappa shape index (κ2) is 16.6. The number of hydrogen-bond donors (Lipinski definition) is 3. The van der Waals surface area contributed by atoms with E-state index < -0.39 is 0 Å². The molecule has 0 unspecified atom stereocenters.